The Morgan fingerprint density at radius 1 is 1.05 bits per heavy atom. The van der Waals surface area contributed by atoms with E-state index in [4.69, 9.17) is 21.1 Å². The van der Waals surface area contributed by atoms with Gasteiger partial charge in [-0.05, 0) is 61.6 Å². The number of hydrogen-bond acceptors (Lipinski definition) is 6. The molecule has 1 aromatic heterocycles. The molecule has 3 aromatic rings. The normalized spacial score (nSPS) is 19.5. The standard InChI is InChI=1S/C32H38ClN5O6/c1-18(2)44-26-9-8-19(10-27(26)43-4)32(42)38-15-21-14-37(17-23(22(21)16-38)31(41)36-13-28(39)34-3)29(40)11-20-12-35-25-7-5-6-24(33)30(20)25/h5-10,12,18,21-23,35H,11,13-17H2,1-4H3,(H,34,39)(H,36,41). The van der Waals surface area contributed by atoms with E-state index in [1.165, 1.54) is 14.2 Å². The second-order valence-corrected chi connectivity index (χ2v) is 12.0. The van der Waals surface area contributed by atoms with Crippen LogP contribution in [-0.2, 0) is 20.8 Å². The lowest BCUT2D eigenvalue weighted by Gasteiger charge is -2.39. The fourth-order valence-corrected chi connectivity index (χ4v) is 6.56. The number of aromatic amines is 1. The molecule has 3 unspecified atom stereocenters. The number of methoxy groups -OCH3 is 1. The average molecular weight is 624 g/mol. The predicted octanol–water partition coefficient (Wildman–Crippen LogP) is 2.87. The number of likely N-dealkylation sites (N-methyl/N-ethyl adjacent to an activating group) is 1. The first-order chi connectivity index (χ1) is 21.1. The molecular formula is C32H38ClN5O6. The highest BCUT2D eigenvalue weighted by Crippen LogP contribution is 2.38. The number of nitrogens with one attached hydrogen (secondary N) is 3. The molecule has 2 aromatic carbocycles. The van der Waals surface area contributed by atoms with Crippen molar-refractivity contribution in [2.24, 2.45) is 17.8 Å². The number of piperidine rings is 1. The lowest BCUT2D eigenvalue weighted by Crippen LogP contribution is -2.54. The van der Waals surface area contributed by atoms with Crippen molar-refractivity contribution in [3.8, 4) is 11.5 Å². The molecule has 234 valence electrons. The number of rotatable bonds is 9. The number of hydrogen-bond donors (Lipinski definition) is 3. The third-order valence-corrected chi connectivity index (χ3v) is 8.73. The van der Waals surface area contributed by atoms with Crippen molar-refractivity contribution in [1.29, 1.82) is 0 Å². The lowest BCUT2D eigenvalue weighted by atomic mass is 9.79. The number of aromatic nitrogens is 1. The summed E-state index contributed by atoms with van der Waals surface area (Å²) in [4.78, 5) is 59.3. The van der Waals surface area contributed by atoms with Crippen molar-refractivity contribution in [3.05, 3.63) is 58.7 Å². The van der Waals surface area contributed by atoms with E-state index >= 15 is 0 Å². The highest BCUT2D eigenvalue weighted by Gasteiger charge is 2.48. The number of halogens is 1. The molecule has 4 amide bonds. The highest BCUT2D eigenvalue weighted by atomic mass is 35.5. The van der Waals surface area contributed by atoms with Crippen molar-refractivity contribution in [3.63, 3.8) is 0 Å². The zero-order valence-corrected chi connectivity index (χ0v) is 26.1. The topological polar surface area (TPSA) is 133 Å². The van der Waals surface area contributed by atoms with Crippen molar-refractivity contribution >= 4 is 46.1 Å². The summed E-state index contributed by atoms with van der Waals surface area (Å²) in [6.07, 6.45) is 1.84. The molecule has 3 atom stereocenters. The number of carbonyl (C=O) groups is 4. The minimum absolute atomic E-state index is 0.0581. The van der Waals surface area contributed by atoms with E-state index in [0.717, 1.165) is 16.5 Å². The maximum Gasteiger partial charge on any atom is 0.254 e. The van der Waals surface area contributed by atoms with Gasteiger partial charge in [-0.15, -0.1) is 0 Å². The molecule has 12 heteroatoms. The van der Waals surface area contributed by atoms with Crippen LogP contribution in [0.2, 0.25) is 5.02 Å². The van der Waals surface area contributed by atoms with E-state index in [9.17, 15) is 19.2 Å². The molecule has 3 heterocycles. The first kappa shape index (κ1) is 31.2. The number of carbonyl (C=O) groups excluding carboxylic acids is 4. The Bertz CT molecular complexity index is 1570. The Balaban J connectivity index is 1.36. The zero-order valence-electron chi connectivity index (χ0n) is 25.3. The third-order valence-electron chi connectivity index (χ3n) is 8.41. The Kier molecular flexibility index (Phi) is 9.33. The summed E-state index contributed by atoms with van der Waals surface area (Å²) in [7, 11) is 3.03. The van der Waals surface area contributed by atoms with Crippen LogP contribution in [0.4, 0.5) is 0 Å². The number of benzene rings is 2. The van der Waals surface area contributed by atoms with Gasteiger partial charge < -0.3 is 34.9 Å². The van der Waals surface area contributed by atoms with E-state index in [-0.39, 0.29) is 61.1 Å². The highest BCUT2D eigenvalue weighted by molar-refractivity contribution is 6.35. The fraction of sp³-hybridized carbons (Fsp3) is 0.438. The zero-order chi connectivity index (χ0) is 31.5. The number of H-pyrrole nitrogens is 1. The largest absolute Gasteiger partial charge is 0.493 e. The maximum absolute atomic E-state index is 13.7. The van der Waals surface area contributed by atoms with E-state index in [1.54, 1.807) is 40.3 Å². The van der Waals surface area contributed by atoms with Gasteiger partial charge in [-0.2, -0.15) is 0 Å². The number of fused-ring (bicyclic) bond motifs is 2. The van der Waals surface area contributed by atoms with E-state index in [1.807, 2.05) is 26.0 Å². The van der Waals surface area contributed by atoms with Crippen LogP contribution in [0.5, 0.6) is 11.5 Å². The van der Waals surface area contributed by atoms with Crippen LogP contribution in [0.15, 0.2) is 42.6 Å². The summed E-state index contributed by atoms with van der Waals surface area (Å²) < 4.78 is 11.3. The van der Waals surface area contributed by atoms with Crippen LogP contribution < -0.4 is 20.1 Å². The molecular weight excluding hydrogens is 586 g/mol. The molecule has 5 rings (SSSR count). The van der Waals surface area contributed by atoms with Crippen LogP contribution in [0, 0.1) is 17.8 Å². The number of nitrogens with zero attached hydrogens (tertiary/aromatic N) is 2. The van der Waals surface area contributed by atoms with Gasteiger partial charge in [0, 0.05) is 55.9 Å². The van der Waals surface area contributed by atoms with Crippen LogP contribution >= 0.6 is 11.6 Å². The van der Waals surface area contributed by atoms with Gasteiger partial charge in [0.15, 0.2) is 11.5 Å². The van der Waals surface area contributed by atoms with Gasteiger partial charge in [-0.1, -0.05) is 17.7 Å². The Morgan fingerprint density at radius 2 is 1.82 bits per heavy atom. The van der Waals surface area contributed by atoms with Gasteiger partial charge in [-0.25, -0.2) is 0 Å². The van der Waals surface area contributed by atoms with Gasteiger partial charge >= 0.3 is 0 Å². The molecule has 2 saturated heterocycles. The SMILES string of the molecule is CNC(=O)CNC(=O)C1CN(C(=O)Cc2c[nH]c3cccc(Cl)c23)CC2CN(C(=O)c3ccc(OC(C)C)c(OC)c3)CC21. The van der Waals surface area contributed by atoms with Crippen molar-refractivity contribution in [2.45, 2.75) is 26.4 Å². The second-order valence-electron chi connectivity index (χ2n) is 11.6. The fourth-order valence-electron chi connectivity index (χ4n) is 6.27. The van der Waals surface area contributed by atoms with Crippen LogP contribution in [-0.4, -0.2) is 91.4 Å². The molecule has 11 nitrogen and oxygen atoms in total. The summed E-state index contributed by atoms with van der Waals surface area (Å²) in [6, 6.07) is 10.6. The van der Waals surface area contributed by atoms with Crippen molar-refractivity contribution < 1.29 is 28.7 Å². The van der Waals surface area contributed by atoms with Gasteiger partial charge in [0.2, 0.25) is 17.7 Å². The van der Waals surface area contributed by atoms with Gasteiger partial charge in [0.05, 0.1) is 37.1 Å². The number of amides is 4. The minimum atomic E-state index is -0.594. The lowest BCUT2D eigenvalue weighted by molar-refractivity contribution is -0.139. The van der Waals surface area contributed by atoms with Gasteiger partial charge in [0.25, 0.3) is 5.91 Å². The van der Waals surface area contributed by atoms with Crippen LogP contribution in [0.1, 0.15) is 29.8 Å². The first-order valence-electron chi connectivity index (χ1n) is 14.7. The second kappa shape index (κ2) is 13.2. The van der Waals surface area contributed by atoms with Crippen molar-refractivity contribution in [1.82, 2.24) is 25.4 Å². The summed E-state index contributed by atoms with van der Waals surface area (Å²) in [5, 5.41) is 6.58. The molecule has 0 saturated carbocycles. The minimum Gasteiger partial charge on any atom is -0.493 e. The summed E-state index contributed by atoms with van der Waals surface area (Å²) in [5.41, 5.74) is 2.07. The quantitative estimate of drug-likeness (QED) is 0.336. The van der Waals surface area contributed by atoms with Gasteiger partial charge in [0.1, 0.15) is 0 Å². The molecule has 0 radical (unpaired) electrons. The Labute approximate surface area is 261 Å². The Hall–Kier alpha value is -4.25. The first-order valence-corrected chi connectivity index (χ1v) is 15.1. The van der Waals surface area contributed by atoms with E-state index < -0.39 is 5.92 Å². The average Bonchev–Trinajstić information content (AvgIpc) is 3.63. The summed E-state index contributed by atoms with van der Waals surface area (Å²) in [6.45, 7) is 5.00. The summed E-state index contributed by atoms with van der Waals surface area (Å²) in [5.74, 6) is -0.852. The Morgan fingerprint density at radius 3 is 2.55 bits per heavy atom. The number of ether oxygens (including phenoxy) is 2. The molecule has 0 aliphatic carbocycles. The molecule has 44 heavy (non-hydrogen) atoms. The molecule has 0 bridgehead atoms. The van der Waals surface area contributed by atoms with Crippen molar-refractivity contribution in [2.75, 3.05) is 46.9 Å². The number of likely N-dealkylation sites (tertiary alicyclic amines) is 2. The predicted molar refractivity (Wildman–Crippen MR) is 166 cm³/mol. The molecule has 2 aliphatic heterocycles. The monoisotopic (exact) mass is 623 g/mol. The molecule has 0 spiro atoms. The third kappa shape index (κ3) is 6.47. The van der Waals surface area contributed by atoms with E-state index in [0.29, 0.717) is 41.7 Å². The van der Waals surface area contributed by atoms with Gasteiger partial charge in [-0.3, -0.25) is 19.2 Å². The van der Waals surface area contributed by atoms with Crippen LogP contribution in [0.25, 0.3) is 10.9 Å². The smallest absolute Gasteiger partial charge is 0.254 e. The molecule has 2 fully saturated rings. The summed E-state index contributed by atoms with van der Waals surface area (Å²) >= 11 is 6.45. The maximum atomic E-state index is 13.7. The molecule has 2 aliphatic rings. The van der Waals surface area contributed by atoms with Crippen LogP contribution in [0.3, 0.4) is 0 Å². The molecule has 3 N–H and O–H groups in total. The van der Waals surface area contributed by atoms with E-state index in [2.05, 4.69) is 15.6 Å².